The Morgan fingerprint density at radius 2 is 2.00 bits per heavy atom. The van der Waals surface area contributed by atoms with Crippen LogP contribution in [0, 0.1) is 0 Å². The maximum Gasteiger partial charge on any atom is 0.305 e. The minimum Gasteiger partial charge on any atom is -0.481 e. The van der Waals surface area contributed by atoms with E-state index in [1.807, 2.05) is 0 Å². The van der Waals surface area contributed by atoms with Crippen LogP contribution in [0.3, 0.4) is 0 Å². The molecule has 0 radical (unpaired) electrons. The van der Waals surface area contributed by atoms with E-state index in [1.165, 1.54) is 23.7 Å². The van der Waals surface area contributed by atoms with Crippen LogP contribution in [-0.2, 0) is 11.3 Å². The molecule has 0 saturated heterocycles. The molecule has 6 nitrogen and oxygen atoms in total. The molecule has 1 aromatic rings. The molecule has 0 atom stereocenters. The summed E-state index contributed by atoms with van der Waals surface area (Å²) in [5.41, 5.74) is 0.440. The predicted molar refractivity (Wildman–Crippen MR) is 73.4 cm³/mol. The van der Waals surface area contributed by atoms with Crippen LogP contribution in [0.1, 0.15) is 55.4 Å². The zero-order valence-corrected chi connectivity index (χ0v) is 11.5. The van der Waals surface area contributed by atoms with Gasteiger partial charge in [-0.25, -0.2) is 0 Å². The third-order valence-electron chi connectivity index (χ3n) is 3.68. The van der Waals surface area contributed by atoms with Crippen LogP contribution < -0.4 is 5.32 Å². The van der Waals surface area contributed by atoms with Crippen molar-refractivity contribution in [2.45, 2.75) is 57.5 Å². The summed E-state index contributed by atoms with van der Waals surface area (Å²) in [6, 6.07) is 1.86. The van der Waals surface area contributed by atoms with E-state index in [0.29, 0.717) is 5.69 Å². The number of carboxylic acids is 1. The first kappa shape index (κ1) is 14.6. The normalized spacial score (nSPS) is 16.6. The number of aliphatic carboxylic acids is 1. The first-order valence-corrected chi connectivity index (χ1v) is 7.21. The van der Waals surface area contributed by atoms with Crippen LogP contribution in [0.25, 0.3) is 0 Å². The molecule has 0 unspecified atom stereocenters. The molecule has 1 heterocycles. The van der Waals surface area contributed by atoms with E-state index < -0.39 is 5.97 Å². The molecule has 2 rings (SSSR count). The lowest BCUT2D eigenvalue weighted by molar-refractivity contribution is -0.137. The quantitative estimate of drug-likeness (QED) is 0.805. The maximum atomic E-state index is 12.2. The number of carbonyl (C=O) groups is 2. The second-order valence-electron chi connectivity index (χ2n) is 5.25. The van der Waals surface area contributed by atoms with Gasteiger partial charge in [-0.3, -0.25) is 14.3 Å². The fourth-order valence-corrected chi connectivity index (χ4v) is 2.59. The average molecular weight is 279 g/mol. The summed E-state index contributed by atoms with van der Waals surface area (Å²) in [6.45, 7) is 0.218. The second-order valence-corrected chi connectivity index (χ2v) is 5.25. The number of hydrogen-bond donors (Lipinski definition) is 2. The van der Waals surface area contributed by atoms with Crippen molar-refractivity contribution >= 4 is 11.9 Å². The van der Waals surface area contributed by atoms with Crippen molar-refractivity contribution in [3.8, 4) is 0 Å². The van der Waals surface area contributed by atoms with Crippen LogP contribution in [0.15, 0.2) is 12.3 Å². The van der Waals surface area contributed by atoms with Crippen molar-refractivity contribution in [1.82, 2.24) is 15.1 Å². The van der Waals surface area contributed by atoms with E-state index >= 15 is 0 Å². The summed E-state index contributed by atoms with van der Waals surface area (Å²) in [7, 11) is 0. The molecule has 0 bridgehead atoms. The molecular weight excluding hydrogens is 258 g/mol. The molecule has 1 aromatic heterocycles. The largest absolute Gasteiger partial charge is 0.481 e. The van der Waals surface area contributed by atoms with Gasteiger partial charge < -0.3 is 10.4 Å². The minimum absolute atomic E-state index is 0.0363. The van der Waals surface area contributed by atoms with E-state index in [9.17, 15) is 9.59 Å². The van der Waals surface area contributed by atoms with Gasteiger partial charge in [-0.1, -0.05) is 25.7 Å². The van der Waals surface area contributed by atoms with E-state index in [-0.39, 0.29) is 24.9 Å². The Morgan fingerprint density at radius 3 is 2.65 bits per heavy atom. The zero-order valence-electron chi connectivity index (χ0n) is 11.5. The Morgan fingerprint density at radius 1 is 1.30 bits per heavy atom. The van der Waals surface area contributed by atoms with Crippen LogP contribution in [0.2, 0.25) is 0 Å². The van der Waals surface area contributed by atoms with E-state index in [0.717, 1.165) is 25.7 Å². The zero-order chi connectivity index (χ0) is 14.4. The highest BCUT2D eigenvalue weighted by atomic mass is 16.4. The van der Waals surface area contributed by atoms with Gasteiger partial charge in [-0.05, 0) is 18.9 Å². The van der Waals surface area contributed by atoms with E-state index in [2.05, 4.69) is 10.4 Å². The average Bonchev–Trinajstić information content (AvgIpc) is 2.74. The molecule has 20 heavy (non-hydrogen) atoms. The molecule has 0 spiro atoms. The molecule has 1 fully saturated rings. The van der Waals surface area contributed by atoms with Gasteiger partial charge in [-0.15, -0.1) is 0 Å². The van der Waals surface area contributed by atoms with E-state index in [4.69, 9.17) is 5.11 Å². The topological polar surface area (TPSA) is 84.2 Å². The Kier molecular flexibility index (Phi) is 5.15. The monoisotopic (exact) mass is 279 g/mol. The van der Waals surface area contributed by atoms with Crippen molar-refractivity contribution < 1.29 is 14.7 Å². The third-order valence-corrected chi connectivity index (χ3v) is 3.68. The van der Waals surface area contributed by atoms with E-state index in [1.54, 1.807) is 6.07 Å². The molecule has 2 N–H and O–H groups in total. The number of rotatable bonds is 5. The van der Waals surface area contributed by atoms with Crippen LogP contribution >= 0.6 is 0 Å². The summed E-state index contributed by atoms with van der Waals surface area (Å²) in [4.78, 5) is 22.8. The summed E-state index contributed by atoms with van der Waals surface area (Å²) < 4.78 is 1.46. The smallest absolute Gasteiger partial charge is 0.305 e. The number of aryl methyl sites for hydroxylation is 1. The Bertz CT molecular complexity index is 462. The van der Waals surface area contributed by atoms with Gasteiger partial charge >= 0.3 is 5.97 Å². The highest BCUT2D eigenvalue weighted by molar-refractivity contribution is 5.92. The van der Waals surface area contributed by atoms with Crippen LogP contribution in [0.4, 0.5) is 0 Å². The molecule has 1 saturated carbocycles. The van der Waals surface area contributed by atoms with Crippen LogP contribution in [0.5, 0.6) is 0 Å². The lowest BCUT2D eigenvalue weighted by atomic mass is 10.1. The SMILES string of the molecule is O=C(O)CCn1nccc1C(=O)NC1CCCCCC1. The molecule has 0 aromatic carbocycles. The number of aromatic nitrogens is 2. The fraction of sp³-hybridized carbons (Fsp3) is 0.643. The standard InChI is InChI=1S/C14H21N3O3/c18-13(19)8-10-17-12(7-9-15-17)14(20)16-11-5-3-1-2-4-6-11/h7,9,11H,1-6,8,10H2,(H,16,20)(H,18,19). The first-order valence-electron chi connectivity index (χ1n) is 7.21. The first-order chi connectivity index (χ1) is 9.66. The molecule has 0 aliphatic heterocycles. The van der Waals surface area contributed by atoms with Gasteiger partial charge in [0.25, 0.3) is 5.91 Å². The van der Waals surface area contributed by atoms with Gasteiger partial charge in [0.05, 0.1) is 13.0 Å². The Hall–Kier alpha value is -1.85. The van der Waals surface area contributed by atoms with Gasteiger partial charge in [0.2, 0.25) is 0 Å². The highest BCUT2D eigenvalue weighted by Crippen LogP contribution is 2.17. The van der Waals surface area contributed by atoms with Crippen molar-refractivity contribution in [1.29, 1.82) is 0 Å². The number of carbonyl (C=O) groups excluding carboxylic acids is 1. The lowest BCUT2D eigenvalue weighted by Crippen LogP contribution is -2.35. The Balaban J connectivity index is 1.94. The molecule has 1 aliphatic rings. The van der Waals surface area contributed by atoms with Crippen molar-refractivity contribution in [3.63, 3.8) is 0 Å². The highest BCUT2D eigenvalue weighted by Gasteiger charge is 2.18. The summed E-state index contributed by atoms with van der Waals surface area (Å²) >= 11 is 0. The second kappa shape index (κ2) is 7.07. The summed E-state index contributed by atoms with van der Waals surface area (Å²) in [5, 5.41) is 15.7. The number of nitrogens with zero attached hydrogens (tertiary/aromatic N) is 2. The summed E-state index contributed by atoms with van der Waals surface area (Å²) in [6.07, 6.45) is 8.33. The van der Waals surface area contributed by atoms with Gasteiger partial charge in [-0.2, -0.15) is 5.10 Å². The fourth-order valence-electron chi connectivity index (χ4n) is 2.59. The molecule has 1 aliphatic carbocycles. The number of hydrogen-bond acceptors (Lipinski definition) is 3. The van der Waals surface area contributed by atoms with Gasteiger partial charge in [0, 0.05) is 12.2 Å². The molecular formula is C14H21N3O3. The van der Waals surface area contributed by atoms with Crippen LogP contribution in [-0.4, -0.2) is 32.8 Å². The molecule has 110 valence electrons. The number of nitrogens with one attached hydrogen (secondary N) is 1. The predicted octanol–water partition coefficient (Wildman–Crippen LogP) is 1.81. The third kappa shape index (κ3) is 4.08. The van der Waals surface area contributed by atoms with Crippen molar-refractivity contribution in [2.24, 2.45) is 0 Å². The van der Waals surface area contributed by atoms with Gasteiger partial charge in [0.15, 0.2) is 0 Å². The van der Waals surface area contributed by atoms with Gasteiger partial charge in [0.1, 0.15) is 5.69 Å². The number of amides is 1. The Labute approximate surface area is 118 Å². The molecule has 1 amide bonds. The number of carboxylic acid groups (broad SMARTS) is 1. The van der Waals surface area contributed by atoms with Crippen molar-refractivity contribution in [3.05, 3.63) is 18.0 Å². The minimum atomic E-state index is -0.893. The summed E-state index contributed by atoms with van der Waals surface area (Å²) in [5.74, 6) is -1.05. The lowest BCUT2D eigenvalue weighted by Gasteiger charge is -2.16. The molecule has 6 heteroatoms. The maximum absolute atomic E-state index is 12.2. The van der Waals surface area contributed by atoms with Crippen molar-refractivity contribution in [2.75, 3.05) is 0 Å².